The number of nitrogens with zero attached hydrogens (tertiary/aromatic N) is 2. The minimum atomic E-state index is -0.256. The molecule has 1 N–H and O–H groups in total. The Labute approximate surface area is 158 Å². The number of amides is 1. The molecule has 0 aliphatic rings. The van der Waals surface area contributed by atoms with Gasteiger partial charge < -0.3 is 14.8 Å². The van der Waals surface area contributed by atoms with E-state index >= 15 is 0 Å². The van der Waals surface area contributed by atoms with Crippen molar-refractivity contribution in [2.75, 3.05) is 19.0 Å². The molecule has 0 atom stereocenters. The number of rotatable bonds is 8. The number of carbonyl (C=O) groups is 1. The van der Waals surface area contributed by atoms with Gasteiger partial charge >= 0.3 is 0 Å². The summed E-state index contributed by atoms with van der Waals surface area (Å²) in [6, 6.07) is 5.42. The standard InChI is InChI=1S/C19H24ClN3O3/c1-5-10-26-19-15(20)11-14(12-16(19)25-4)6-7-18(24)22-17-8-9-21-23(17)13(2)3/h6-9,11-13H,5,10H2,1-4H3,(H,22,24)/b7-6+. The number of methoxy groups -OCH3 is 1. The minimum Gasteiger partial charge on any atom is -0.493 e. The van der Waals surface area contributed by atoms with Gasteiger partial charge in [0.2, 0.25) is 5.91 Å². The van der Waals surface area contributed by atoms with Gasteiger partial charge in [0.25, 0.3) is 0 Å². The molecule has 0 spiro atoms. The molecule has 7 heteroatoms. The van der Waals surface area contributed by atoms with Crippen molar-refractivity contribution in [1.82, 2.24) is 9.78 Å². The molecule has 0 radical (unpaired) electrons. The third kappa shape index (κ3) is 5.02. The third-order valence-corrected chi connectivity index (χ3v) is 3.82. The first-order valence-electron chi connectivity index (χ1n) is 8.49. The van der Waals surface area contributed by atoms with Crippen molar-refractivity contribution in [1.29, 1.82) is 0 Å². The van der Waals surface area contributed by atoms with Crippen LogP contribution in [-0.4, -0.2) is 29.4 Å². The van der Waals surface area contributed by atoms with Gasteiger partial charge in [-0.15, -0.1) is 0 Å². The lowest BCUT2D eigenvalue weighted by atomic mass is 10.2. The smallest absolute Gasteiger partial charge is 0.249 e. The molecule has 0 saturated heterocycles. The van der Waals surface area contributed by atoms with E-state index < -0.39 is 0 Å². The van der Waals surface area contributed by atoms with E-state index in [-0.39, 0.29) is 11.9 Å². The fraction of sp³-hybridized carbons (Fsp3) is 0.368. The molecule has 0 saturated carbocycles. The predicted octanol–water partition coefficient (Wildman–Crippen LogP) is 4.57. The van der Waals surface area contributed by atoms with E-state index in [1.165, 1.54) is 6.08 Å². The van der Waals surface area contributed by atoms with Crippen molar-refractivity contribution in [3.8, 4) is 11.5 Å². The highest BCUT2D eigenvalue weighted by molar-refractivity contribution is 6.32. The Bertz CT molecular complexity index is 784. The molecule has 0 fully saturated rings. The molecule has 0 unspecified atom stereocenters. The maximum atomic E-state index is 12.2. The van der Waals surface area contributed by atoms with Gasteiger partial charge in [-0.3, -0.25) is 4.79 Å². The fourth-order valence-corrected chi connectivity index (χ4v) is 2.62. The largest absolute Gasteiger partial charge is 0.493 e. The SMILES string of the molecule is CCCOc1c(Cl)cc(/C=C/C(=O)Nc2ccnn2C(C)C)cc1OC. The van der Waals surface area contributed by atoms with Crippen LogP contribution < -0.4 is 14.8 Å². The number of aromatic nitrogens is 2. The van der Waals surface area contributed by atoms with E-state index in [0.717, 1.165) is 12.0 Å². The molecule has 1 amide bonds. The van der Waals surface area contributed by atoms with Crippen LogP contribution in [0.2, 0.25) is 5.02 Å². The highest BCUT2D eigenvalue weighted by atomic mass is 35.5. The molecule has 1 aromatic carbocycles. The third-order valence-electron chi connectivity index (χ3n) is 3.54. The lowest BCUT2D eigenvalue weighted by molar-refractivity contribution is -0.111. The second-order valence-corrected chi connectivity index (χ2v) is 6.37. The lowest BCUT2D eigenvalue weighted by Gasteiger charge is -2.12. The number of hydrogen-bond donors (Lipinski definition) is 1. The van der Waals surface area contributed by atoms with Crippen molar-refractivity contribution in [2.24, 2.45) is 0 Å². The molecule has 2 aromatic rings. The summed E-state index contributed by atoms with van der Waals surface area (Å²) in [5.41, 5.74) is 0.739. The number of benzene rings is 1. The topological polar surface area (TPSA) is 65.4 Å². The summed E-state index contributed by atoms with van der Waals surface area (Å²) in [6.45, 7) is 6.56. The van der Waals surface area contributed by atoms with E-state index in [1.54, 1.807) is 42.3 Å². The molecule has 0 aliphatic carbocycles. The Morgan fingerprint density at radius 1 is 1.42 bits per heavy atom. The van der Waals surface area contributed by atoms with E-state index in [9.17, 15) is 4.79 Å². The van der Waals surface area contributed by atoms with Crippen LogP contribution in [0.15, 0.2) is 30.5 Å². The highest BCUT2D eigenvalue weighted by Crippen LogP contribution is 2.36. The average Bonchev–Trinajstić information content (AvgIpc) is 3.07. The van der Waals surface area contributed by atoms with Crippen LogP contribution in [0, 0.1) is 0 Å². The van der Waals surface area contributed by atoms with Gasteiger partial charge in [0.1, 0.15) is 5.82 Å². The molecule has 0 bridgehead atoms. The molecule has 0 aliphatic heterocycles. The Morgan fingerprint density at radius 3 is 2.85 bits per heavy atom. The summed E-state index contributed by atoms with van der Waals surface area (Å²) in [5, 5.41) is 7.44. The summed E-state index contributed by atoms with van der Waals surface area (Å²) in [7, 11) is 1.55. The van der Waals surface area contributed by atoms with Crippen molar-refractivity contribution in [2.45, 2.75) is 33.2 Å². The quantitative estimate of drug-likeness (QED) is 0.684. The molecular weight excluding hydrogens is 354 g/mol. The van der Waals surface area contributed by atoms with Gasteiger partial charge in [-0.25, -0.2) is 4.68 Å². The first kappa shape index (κ1) is 19.8. The second-order valence-electron chi connectivity index (χ2n) is 5.96. The molecule has 26 heavy (non-hydrogen) atoms. The fourth-order valence-electron chi connectivity index (χ4n) is 2.34. The molecule has 1 aromatic heterocycles. The Balaban J connectivity index is 2.13. The van der Waals surface area contributed by atoms with Gasteiger partial charge in [0.05, 0.1) is 24.9 Å². The van der Waals surface area contributed by atoms with Crippen LogP contribution in [0.1, 0.15) is 38.8 Å². The van der Waals surface area contributed by atoms with Crippen LogP contribution in [0.5, 0.6) is 11.5 Å². The number of anilines is 1. The predicted molar refractivity (Wildman–Crippen MR) is 104 cm³/mol. The first-order valence-corrected chi connectivity index (χ1v) is 8.87. The first-order chi connectivity index (χ1) is 12.5. The molecule has 1 heterocycles. The lowest BCUT2D eigenvalue weighted by Crippen LogP contribution is -2.14. The molecular formula is C19H24ClN3O3. The zero-order valence-corrected chi connectivity index (χ0v) is 16.2. The number of hydrogen-bond acceptors (Lipinski definition) is 4. The number of carbonyl (C=O) groups excluding carboxylic acids is 1. The molecule has 140 valence electrons. The van der Waals surface area contributed by atoms with Crippen molar-refractivity contribution >= 4 is 29.4 Å². The van der Waals surface area contributed by atoms with E-state index in [4.69, 9.17) is 21.1 Å². The van der Waals surface area contributed by atoms with Crippen molar-refractivity contribution in [3.05, 3.63) is 41.1 Å². The van der Waals surface area contributed by atoms with E-state index in [1.807, 2.05) is 20.8 Å². The number of nitrogens with one attached hydrogen (secondary N) is 1. The van der Waals surface area contributed by atoms with Gasteiger partial charge in [0.15, 0.2) is 11.5 Å². The van der Waals surface area contributed by atoms with Crippen LogP contribution in [0.25, 0.3) is 6.08 Å². The molecule has 6 nitrogen and oxygen atoms in total. The summed E-state index contributed by atoms with van der Waals surface area (Å²) in [5.74, 6) is 1.43. The molecule has 2 rings (SSSR count). The monoisotopic (exact) mass is 377 g/mol. The van der Waals surface area contributed by atoms with Crippen molar-refractivity contribution in [3.63, 3.8) is 0 Å². The van der Waals surface area contributed by atoms with Crippen LogP contribution >= 0.6 is 11.6 Å². The van der Waals surface area contributed by atoms with Crippen molar-refractivity contribution < 1.29 is 14.3 Å². The Hall–Kier alpha value is -2.47. The Morgan fingerprint density at radius 2 is 2.19 bits per heavy atom. The number of halogens is 1. The summed E-state index contributed by atoms with van der Waals surface area (Å²) >= 11 is 6.28. The number of ether oxygens (including phenoxy) is 2. The van der Waals surface area contributed by atoms with Crippen LogP contribution in [0.4, 0.5) is 5.82 Å². The van der Waals surface area contributed by atoms with Crippen LogP contribution in [0.3, 0.4) is 0 Å². The Kier molecular flexibility index (Phi) is 7.09. The average molecular weight is 378 g/mol. The zero-order valence-electron chi connectivity index (χ0n) is 15.5. The van der Waals surface area contributed by atoms with Gasteiger partial charge in [0, 0.05) is 18.2 Å². The summed E-state index contributed by atoms with van der Waals surface area (Å²) < 4.78 is 12.7. The van der Waals surface area contributed by atoms with Gasteiger partial charge in [-0.05, 0) is 44.0 Å². The van der Waals surface area contributed by atoms with E-state index in [2.05, 4.69) is 10.4 Å². The normalized spacial score (nSPS) is 11.2. The maximum Gasteiger partial charge on any atom is 0.249 e. The van der Waals surface area contributed by atoms with Gasteiger partial charge in [-0.2, -0.15) is 5.10 Å². The zero-order chi connectivity index (χ0) is 19.1. The maximum absolute atomic E-state index is 12.2. The summed E-state index contributed by atoms with van der Waals surface area (Å²) in [6.07, 6.45) is 5.63. The highest BCUT2D eigenvalue weighted by Gasteiger charge is 2.11. The van der Waals surface area contributed by atoms with E-state index in [0.29, 0.717) is 28.9 Å². The van der Waals surface area contributed by atoms with Crippen LogP contribution in [-0.2, 0) is 4.79 Å². The minimum absolute atomic E-state index is 0.156. The summed E-state index contributed by atoms with van der Waals surface area (Å²) in [4.78, 5) is 12.2. The second kappa shape index (κ2) is 9.29. The van der Waals surface area contributed by atoms with Gasteiger partial charge in [-0.1, -0.05) is 18.5 Å².